The van der Waals surface area contributed by atoms with Crippen LogP contribution in [0.1, 0.15) is 0 Å². The van der Waals surface area contributed by atoms with Crippen LogP contribution in [0, 0.1) is 0 Å². The summed E-state index contributed by atoms with van der Waals surface area (Å²) in [4.78, 5) is 4.55. The molecule has 0 saturated carbocycles. The number of phenols is 1. The average molecular weight is 380 g/mol. The summed E-state index contributed by atoms with van der Waals surface area (Å²) in [6, 6.07) is 16.3. The van der Waals surface area contributed by atoms with Crippen molar-refractivity contribution in [2.45, 2.75) is 6.10 Å². The number of rotatable bonds is 6. The fourth-order valence-electron chi connectivity index (χ4n) is 3.05. The van der Waals surface area contributed by atoms with Gasteiger partial charge in [-0.05, 0) is 35.9 Å². The molecule has 1 unspecified atom stereocenters. The SMILES string of the molecule is OCC(O)CNc1cc(-c2cccc3c2OCO3)cc(-c2ccccc2O)n1. The number of aliphatic hydroxyl groups excluding tert-OH is 2. The first-order chi connectivity index (χ1) is 13.7. The number of aliphatic hydroxyl groups is 2. The van der Waals surface area contributed by atoms with Crippen molar-refractivity contribution in [3.05, 3.63) is 54.6 Å². The van der Waals surface area contributed by atoms with Crippen molar-refractivity contribution in [3.8, 4) is 39.6 Å². The number of pyridine rings is 1. The summed E-state index contributed by atoms with van der Waals surface area (Å²) < 4.78 is 11.1. The van der Waals surface area contributed by atoms with E-state index in [-0.39, 0.29) is 25.7 Å². The zero-order chi connectivity index (χ0) is 19.5. The number of phenolic OH excluding ortho intramolecular Hbond substituents is 1. The smallest absolute Gasteiger partial charge is 0.231 e. The first kappa shape index (κ1) is 18.1. The lowest BCUT2D eigenvalue weighted by molar-refractivity contribution is 0.105. The molecule has 4 N–H and O–H groups in total. The Morgan fingerprint density at radius 3 is 2.68 bits per heavy atom. The lowest BCUT2D eigenvalue weighted by atomic mass is 10.0. The molecule has 2 heterocycles. The highest BCUT2D eigenvalue weighted by Crippen LogP contribution is 2.42. The van der Waals surface area contributed by atoms with Crippen molar-refractivity contribution >= 4 is 5.82 Å². The fraction of sp³-hybridized carbons (Fsp3) is 0.190. The van der Waals surface area contributed by atoms with E-state index in [1.807, 2.05) is 36.4 Å². The Hall–Kier alpha value is -3.29. The molecule has 0 fully saturated rings. The number of hydrogen-bond donors (Lipinski definition) is 4. The topological polar surface area (TPSA) is 104 Å². The first-order valence-electron chi connectivity index (χ1n) is 8.88. The molecule has 0 amide bonds. The quantitative estimate of drug-likeness (QED) is 0.521. The molecule has 1 aliphatic rings. The van der Waals surface area contributed by atoms with Crippen LogP contribution in [0.15, 0.2) is 54.6 Å². The Balaban J connectivity index is 1.81. The minimum absolute atomic E-state index is 0.117. The molecule has 7 heteroatoms. The highest BCUT2D eigenvalue weighted by molar-refractivity contribution is 5.80. The minimum atomic E-state index is -0.906. The van der Waals surface area contributed by atoms with E-state index in [1.54, 1.807) is 18.2 Å². The second-order valence-corrected chi connectivity index (χ2v) is 6.40. The fourth-order valence-corrected chi connectivity index (χ4v) is 3.05. The molecule has 0 aliphatic carbocycles. The van der Waals surface area contributed by atoms with Gasteiger partial charge in [-0.25, -0.2) is 4.98 Å². The normalized spacial score (nSPS) is 13.4. The summed E-state index contributed by atoms with van der Waals surface area (Å²) in [5, 5.41) is 32.0. The standard InChI is InChI=1S/C21H20N2O5/c24-11-14(25)10-22-20-9-13(15-5-3-7-19-21(15)28-12-27-19)8-17(23-20)16-4-1-2-6-18(16)26/h1-9,14,24-26H,10-12H2,(H,22,23). The Morgan fingerprint density at radius 1 is 1.04 bits per heavy atom. The van der Waals surface area contributed by atoms with Crippen LogP contribution in [-0.2, 0) is 0 Å². The third-order valence-electron chi connectivity index (χ3n) is 4.44. The molecule has 7 nitrogen and oxygen atoms in total. The predicted molar refractivity (Wildman–Crippen MR) is 104 cm³/mol. The molecule has 0 bridgehead atoms. The van der Waals surface area contributed by atoms with Crippen molar-refractivity contribution in [2.75, 3.05) is 25.3 Å². The average Bonchev–Trinajstić information content (AvgIpc) is 3.21. The molecular formula is C21H20N2O5. The van der Waals surface area contributed by atoms with Gasteiger partial charge < -0.3 is 30.1 Å². The number of nitrogens with one attached hydrogen (secondary N) is 1. The van der Waals surface area contributed by atoms with Crippen molar-refractivity contribution < 1.29 is 24.8 Å². The van der Waals surface area contributed by atoms with Gasteiger partial charge in [-0.15, -0.1) is 0 Å². The Kier molecular flexibility index (Phi) is 5.01. The largest absolute Gasteiger partial charge is 0.507 e. The van der Waals surface area contributed by atoms with Crippen molar-refractivity contribution in [3.63, 3.8) is 0 Å². The van der Waals surface area contributed by atoms with E-state index in [1.165, 1.54) is 0 Å². The summed E-state index contributed by atoms with van der Waals surface area (Å²) in [7, 11) is 0. The summed E-state index contributed by atoms with van der Waals surface area (Å²) in [6.07, 6.45) is -0.906. The molecule has 28 heavy (non-hydrogen) atoms. The molecule has 4 rings (SSSR count). The van der Waals surface area contributed by atoms with Gasteiger partial charge in [-0.3, -0.25) is 0 Å². The number of ether oxygens (including phenoxy) is 2. The molecule has 144 valence electrons. The molecule has 0 spiro atoms. The van der Waals surface area contributed by atoms with Gasteiger partial charge >= 0.3 is 0 Å². The van der Waals surface area contributed by atoms with Gasteiger partial charge in [-0.1, -0.05) is 24.3 Å². The van der Waals surface area contributed by atoms with Crippen LogP contribution in [0.4, 0.5) is 5.82 Å². The number of aromatic nitrogens is 1. The number of para-hydroxylation sites is 2. The molecular weight excluding hydrogens is 360 g/mol. The highest BCUT2D eigenvalue weighted by Gasteiger charge is 2.20. The van der Waals surface area contributed by atoms with Gasteiger partial charge in [0.1, 0.15) is 11.6 Å². The summed E-state index contributed by atoms with van der Waals surface area (Å²) in [5.74, 6) is 1.94. The van der Waals surface area contributed by atoms with Gasteiger partial charge in [0, 0.05) is 17.7 Å². The second kappa shape index (κ2) is 7.75. The summed E-state index contributed by atoms with van der Waals surface area (Å²) in [6.45, 7) is -0.0480. The van der Waals surface area contributed by atoms with Crippen LogP contribution in [0.2, 0.25) is 0 Å². The van der Waals surface area contributed by atoms with Crippen LogP contribution in [0.5, 0.6) is 17.2 Å². The number of hydrogen-bond acceptors (Lipinski definition) is 7. The van der Waals surface area contributed by atoms with Gasteiger partial charge in [-0.2, -0.15) is 0 Å². The van der Waals surface area contributed by atoms with E-state index in [4.69, 9.17) is 14.6 Å². The molecule has 1 aromatic heterocycles. The van der Waals surface area contributed by atoms with Gasteiger partial charge in [0.15, 0.2) is 11.5 Å². The highest BCUT2D eigenvalue weighted by atomic mass is 16.7. The summed E-state index contributed by atoms with van der Waals surface area (Å²) in [5.41, 5.74) is 2.80. The van der Waals surface area contributed by atoms with Crippen LogP contribution in [0.3, 0.4) is 0 Å². The number of benzene rings is 2. The lowest BCUT2D eigenvalue weighted by Gasteiger charge is -2.14. The van der Waals surface area contributed by atoms with Crippen molar-refractivity contribution in [1.82, 2.24) is 4.98 Å². The van der Waals surface area contributed by atoms with Crippen LogP contribution < -0.4 is 14.8 Å². The Morgan fingerprint density at radius 2 is 1.86 bits per heavy atom. The molecule has 3 aromatic rings. The molecule has 0 saturated heterocycles. The number of anilines is 1. The van der Waals surface area contributed by atoms with Crippen LogP contribution >= 0.6 is 0 Å². The van der Waals surface area contributed by atoms with Gasteiger partial charge in [0.2, 0.25) is 6.79 Å². The van der Waals surface area contributed by atoms with E-state index in [0.717, 1.165) is 11.1 Å². The third-order valence-corrected chi connectivity index (χ3v) is 4.44. The summed E-state index contributed by atoms with van der Waals surface area (Å²) >= 11 is 0. The van der Waals surface area contributed by atoms with Crippen molar-refractivity contribution in [1.29, 1.82) is 0 Å². The number of fused-ring (bicyclic) bond motifs is 1. The minimum Gasteiger partial charge on any atom is -0.507 e. The maximum absolute atomic E-state index is 10.2. The molecule has 2 aromatic carbocycles. The monoisotopic (exact) mass is 380 g/mol. The van der Waals surface area contributed by atoms with Crippen LogP contribution in [0.25, 0.3) is 22.4 Å². The first-order valence-corrected chi connectivity index (χ1v) is 8.88. The van der Waals surface area contributed by atoms with Gasteiger partial charge in [0.05, 0.1) is 18.4 Å². The second-order valence-electron chi connectivity index (χ2n) is 6.40. The Bertz CT molecular complexity index is 992. The zero-order valence-electron chi connectivity index (χ0n) is 15.0. The van der Waals surface area contributed by atoms with E-state index < -0.39 is 6.10 Å². The van der Waals surface area contributed by atoms with E-state index in [0.29, 0.717) is 28.6 Å². The number of aromatic hydroxyl groups is 1. The number of nitrogens with zero attached hydrogens (tertiary/aromatic N) is 1. The van der Waals surface area contributed by atoms with Crippen LogP contribution in [-0.4, -0.2) is 46.4 Å². The molecule has 1 atom stereocenters. The zero-order valence-corrected chi connectivity index (χ0v) is 15.0. The molecule has 1 aliphatic heterocycles. The third kappa shape index (κ3) is 3.58. The van der Waals surface area contributed by atoms with E-state index >= 15 is 0 Å². The van der Waals surface area contributed by atoms with E-state index in [2.05, 4.69) is 10.3 Å². The van der Waals surface area contributed by atoms with Crippen molar-refractivity contribution in [2.24, 2.45) is 0 Å². The maximum atomic E-state index is 10.2. The Labute approximate surface area is 161 Å². The molecule has 0 radical (unpaired) electrons. The maximum Gasteiger partial charge on any atom is 0.231 e. The lowest BCUT2D eigenvalue weighted by Crippen LogP contribution is -2.23. The predicted octanol–water partition coefficient (Wildman–Crippen LogP) is 2.62. The van der Waals surface area contributed by atoms with E-state index in [9.17, 15) is 10.2 Å². The van der Waals surface area contributed by atoms with Gasteiger partial charge in [0.25, 0.3) is 0 Å².